The summed E-state index contributed by atoms with van der Waals surface area (Å²) in [5, 5.41) is 11.1. The predicted molar refractivity (Wildman–Crippen MR) is 88.2 cm³/mol. The van der Waals surface area contributed by atoms with E-state index in [1.54, 1.807) is 18.2 Å². The number of benzene rings is 2. The predicted octanol–water partition coefficient (Wildman–Crippen LogP) is 3.48. The van der Waals surface area contributed by atoms with Gasteiger partial charge in [-0.25, -0.2) is 4.98 Å². The van der Waals surface area contributed by atoms with Gasteiger partial charge in [0.2, 0.25) is 5.91 Å². The molecule has 1 amide bonds. The molecular weight excluding hydrogens is 314 g/mol. The van der Waals surface area contributed by atoms with Crippen molar-refractivity contribution >= 4 is 22.2 Å². The largest absolute Gasteiger partial charge is 0.366 e. The summed E-state index contributed by atoms with van der Waals surface area (Å²) in [6.45, 7) is 0. The molecule has 0 saturated carbocycles. The maximum atomic E-state index is 12.0. The Morgan fingerprint density at radius 1 is 1.09 bits per heavy atom. The second kappa shape index (κ2) is 5.98. The number of aromatic nitrogens is 1. The zero-order valence-corrected chi connectivity index (χ0v) is 12.6. The summed E-state index contributed by atoms with van der Waals surface area (Å²) in [7, 11) is 0. The molecule has 0 radical (unpaired) electrons. The van der Waals surface area contributed by atoms with Gasteiger partial charge in [0.1, 0.15) is 11.2 Å². The zero-order chi connectivity index (χ0) is 16.4. The Hall–Kier alpha value is -3.06. The SMILES string of the molecule is NC(=O)c1c(-c2ccccc2)cccc1-c1ncc([N+](=O)[O-])s1. The van der Waals surface area contributed by atoms with Gasteiger partial charge in [0.05, 0.1) is 10.5 Å². The molecule has 0 aliphatic carbocycles. The molecule has 0 spiro atoms. The van der Waals surface area contributed by atoms with Crippen LogP contribution in [-0.2, 0) is 0 Å². The molecule has 0 aliphatic heterocycles. The van der Waals surface area contributed by atoms with Gasteiger partial charge in [-0.3, -0.25) is 14.9 Å². The van der Waals surface area contributed by atoms with E-state index in [2.05, 4.69) is 4.98 Å². The van der Waals surface area contributed by atoms with Gasteiger partial charge in [-0.05, 0) is 22.5 Å². The van der Waals surface area contributed by atoms with E-state index in [4.69, 9.17) is 5.73 Å². The number of primary amides is 1. The lowest BCUT2D eigenvalue weighted by molar-refractivity contribution is -0.380. The van der Waals surface area contributed by atoms with Crippen molar-refractivity contribution in [2.24, 2.45) is 5.73 Å². The lowest BCUT2D eigenvalue weighted by Crippen LogP contribution is -2.14. The molecule has 0 fully saturated rings. The van der Waals surface area contributed by atoms with E-state index in [9.17, 15) is 14.9 Å². The highest BCUT2D eigenvalue weighted by Gasteiger charge is 2.20. The summed E-state index contributed by atoms with van der Waals surface area (Å²) in [4.78, 5) is 26.4. The third-order valence-electron chi connectivity index (χ3n) is 3.30. The third-order valence-corrected chi connectivity index (χ3v) is 4.28. The van der Waals surface area contributed by atoms with Gasteiger partial charge in [0, 0.05) is 5.56 Å². The summed E-state index contributed by atoms with van der Waals surface area (Å²) in [5.41, 5.74) is 7.88. The van der Waals surface area contributed by atoms with E-state index < -0.39 is 10.8 Å². The molecule has 0 saturated heterocycles. The number of nitro groups is 1. The fourth-order valence-corrected chi connectivity index (χ4v) is 3.09. The van der Waals surface area contributed by atoms with Crippen molar-refractivity contribution in [2.45, 2.75) is 0 Å². The standard InChI is InChI=1S/C16H11N3O3S/c17-15(20)14-11(10-5-2-1-3-6-10)7-4-8-12(14)16-18-9-13(23-16)19(21)22/h1-9H,(H2,17,20). The molecule has 3 rings (SSSR count). The van der Waals surface area contributed by atoms with Crippen LogP contribution in [0.15, 0.2) is 54.7 Å². The highest BCUT2D eigenvalue weighted by Crippen LogP contribution is 2.36. The number of hydrogen-bond acceptors (Lipinski definition) is 5. The van der Waals surface area contributed by atoms with Gasteiger partial charge in [-0.1, -0.05) is 48.5 Å². The molecule has 6 nitrogen and oxygen atoms in total. The van der Waals surface area contributed by atoms with Gasteiger partial charge >= 0.3 is 5.00 Å². The first-order chi connectivity index (χ1) is 11.1. The molecule has 2 aromatic carbocycles. The molecule has 3 aromatic rings. The van der Waals surface area contributed by atoms with Crippen molar-refractivity contribution in [2.75, 3.05) is 0 Å². The summed E-state index contributed by atoms with van der Waals surface area (Å²) in [6, 6.07) is 14.6. The average molecular weight is 325 g/mol. The van der Waals surface area contributed by atoms with E-state index in [0.717, 1.165) is 16.9 Å². The molecule has 0 bridgehead atoms. The van der Waals surface area contributed by atoms with Crippen LogP contribution in [0.1, 0.15) is 10.4 Å². The average Bonchev–Trinajstić information content (AvgIpc) is 3.05. The van der Waals surface area contributed by atoms with Gasteiger partial charge in [0.25, 0.3) is 0 Å². The van der Waals surface area contributed by atoms with Crippen molar-refractivity contribution in [3.05, 3.63) is 70.4 Å². The molecule has 0 unspecified atom stereocenters. The van der Waals surface area contributed by atoms with Crippen molar-refractivity contribution in [1.29, 1.82) is 0 Å². The van der Waals surface area contributed by atoms with Gasteiger partial charge in [0.15, 0.2) is 0 Å². The Labute approximate surface area is 135 Å². The van der Waals surface area contributed by atoms with Crippen LogP contribution in [0.3, 0.4) is 0 Å². The maximum absolute atomic E-state index is 12.0. The number of rotatable bonds is 4. The van der Waals surface area contributed by atoms with Crippen molar-refractivity contribution in [3.8, 4) is 21.7 Å². The number of hydrogen-bond donors (Lipinski definition) is 1. The van der Waals surface area contributed by atoms with Crippen LogP contribution in [0.25, 0.3) is 21.7 Å². The monoisotopic (exact) mass is 325 g/mol. The fraction of sp³-hybridized carbons (Fsp3) is 0. The molecular formula is C16H11N3O3S. The second-order valence-corrected chi connectivity index (χ2v) is 5.73. The minimum Gasteiger partial charge on any atom is -0.366 e. The topological polar surface area (TPSA) is 99.1 Å². The molecule has 0 aliphatic rings. The fourth-order valence-electron chi connectivity index (χ4n) is 2.33. The third kappa shape index (κ3) is 2.82. The normalized spacial score (nSPS) is 10.4. The van der Waals surface area contributed by atoms with Crippen LogP contribution < -0.4 is 5.73 Å². The summed E-state index contributed by atoms with van der Waals surface area (Å²) < 4.78 is 0. The van der Waals surface area contributed by atoms with Crippen LogP contribution in [0, 0.1) is 10.1 Å². The quantitative estimate of drug-likeness (QED) is 0.586. The Balaban J connectivity index is 2.21. The number of thiazole rings is 1. The minimum atomic E-state index is -0.600. The van der Waals surface area contributed by atoms with Gasteiger partial charge in [-0.2, -0.15) is 0 Å². The molecule has 114 valence electrons. The highest BCUT2D eigenvalue weighted by atomic mass is 32.1. The van der Waals surface area contributed by atoms with E-state index in [0.29, 0.717) is 21.7 Å². The summed E-state index contributed by atoms with van der Waals surface area (Å²) in [5.74, 6) is -0.600. The summed E-state index contributed by atoms with van der Waals surface area (Å²) in [6.07, 6.45) is 1.18. The van der Waals surface area contributed by atoms with E-state index in [-0.39, 0.29) is 5.00 Å². The zero-order valence-electron chi connectivity index (χ0n) is 11.8. The first-order valence-corrected chi connectivity index (χ1v) is 7.48. The first kappa shape index (κ1) is 14.9. The Bertz CT molecular complexity index is 891. The lowest BCUT2D eigenvalue weighted by Gasteiger charge is -2.10. The number of nitrogens with two attached hydrogens (primary N) is 1. The number of nitrogens with zero attached hydrogens (tertiary/aromatic N) is 2. The number of amides is 1. The lowest BCUT2D eigenvalue weighted by atomic mass is 9.95. The minimum absolute atomic E-state index is 0.0828. The van der Waals surface area contributed by atoms with Crippen LogP contribution >= 0.6 is 11.3 Å². The number of carbonyl (C=O) groups excluding carboxylic acids is 1. The Morgan fingerprint density at radius 3 is 2.39 bits per heavy atom. The molecule has 1 heterocycles. The molecule has 7 heteroatoms. The maximum Gasteiger partial charge on any atom is 0.344 e. The van der Waals surface area contributed by atoms with Crippen LogP contribution in [0.5, 0.6) is 0 Å². The smallest absolute Gasteiger partial charge is 0.344 e. The molecule has 1 aromatic heterocycles. The Kier molecular flexibility index (Phi) is 3.86. The molecule has 2 N–H and O–H groups in total. The van der Waals surface area contributed by atoms with E-state index >= 15 is 0 Å². The van der Waals surface area contributed by atoms with E-state index in [1.807, 2.05) is 30.3 Å². The van der Waals surface area contributed by atoms with Crippen LogP contribution in [0.4, 0.5) is 5.00 Å². The van der Waals surface area contributed by atoms with Crippen molar-refractivity contribution in [3.63, 3.8) is 0 Å². The first-order valence-electron chi connectivity index (χ1n) is 6.66. The number of carbonyl (C=O) groups is 1. The van der Waals surface area contributed by atoms with Crippen molar-refractivity contribution in [1.82, 2.24) is 4.98 Å². The highest BCUT2D eigenvalue weighted by molar-refractivity contribution is 7.18. The van der Waals surface area contributed by atoms with Crippen LogP contribution in [-0.4, -0.2) is 15.8 Å². The molecule has 0 atom stereocenters. The van der Waals surface area contributed by atoms with Gasteiger partial charge in [-0.15, -0.1) is 0 Å². The van der Waals surface area contributed by atoms with Gasteiger partial charge < -0.3 is 5.73 Å². The van der Waals surface area contributed by atoms with E-state index in [1.165, 1.54) is 6.20 Å². The molecule has 23 heavy (non-hydrogen) atoms. The van der Waals surface area contributed by atoms with Crippen molar-refractivity contribution < 1.29 is 9.72 Å². The summed E-state index contributed by atoms with van der Waals surface area (Å²) >= 11 is 0.912. The second-order valence-electron chi connectivity index (χ2n) is 4.72. The van der Waals surface area contributed by atoms with Crippen LogP contribution in [0.2, 0.25) is 0 Å². The Morgan fingerprint density at radius 2 is 1.78 bits per heavy atom.